The van der Waals surface area contributed by atoms with Crippen molar-refractivity contribution in [2.75, 3.05) is 22.6 Å². The minimum Gasteiger partial charge on any atom is -0.491 e. The lowest BCUT2D eigenvalue weighted by Crippen LogP contribution is -2.36. The summed E-state index contributed by atoms with van der Waals surface area (Å²) in [6.07, 6.45) is -0.977. The fourth-order valence-electron chi connectivity index (χ4n) is 3.39. The van der Waals surface area contributed by atoms with Gasteiger partial charge >= 0.3 is 0 Å². The number of hydrogen-bond donors (Lipinski definition) is 2. The number of nitrogens with two attached hydrogens (primary N) is 1. The van der Waals surface area contributed by atoms with Gasteiger partial charge in [0.1, 0.15) is 30.3 Å². The van der Waals surface area contributed by atoms with Crippen LogP contribution < -0.4 is 20.7 Å². The van der Waals surface area contributed by atoms with Gasteiger partial charge in [-0.3, -0.25) is 4.79 Å². The summed E-state index contributed by atoms with van der Waals surface area (Å²) in [6.45, 7) is 2.45. The summed E-state index contributed by atoms with van der Waals surface area (Å²) >= 11 is 1.05. The van der Waals surface area contributed by atoms with Crippen LogP contribution in [-0.4, -0.2) is 52.3 Å². The quantitative estimate of drug-likeness (QED) is 0.694. The van der Waals surface area contributed by atoms with Crippen LogP contribution in [0.25, 0.3) is 11.4 Å². The van der Waals surface area contributed by atoms with Gasteiger partial charge in [-0.1, -0.05) is 11.8 Å². The fourth-order valence-corrected chi connectivity index (χ4v) is 4.44. The normalized spacial score (nSPS) is 18.9. The molecular formula is C19H19F2N5O3S. The van der Waals surface area contributed by atoms with E-state index in [2.05, 4.69) is 10.3 Å². The molecule has 2 aromatic rings. The van der Waals surface area contributed by atoms with E-state index in [0.29, 0.717) is 36.0 Å². The molecular weight excluding hydrogens is 416 g/mol. The molecule has 1 saturated heterocycles. The van der Waals surface area contributed by atoms with Crippen molar-refractivity contribution < 1.29 is 23.1 Å². The molecule has 8 nitrogen and oxygen atoms in total. The van der Waals surface area contributed by atoms with Gasteiger partial charge in [-0.2, -0.15) is 0 Å². The summed E-state index contributed by atoms with van der Waals surface area (Å²) in [5.74, 6) is 2.72. The maximum Gasteiger partial charge on any atom is 0.259 e. The number of thioether (sulfide) groups is 1. The van der Waals surface area contributed by atoms with Crippen LogP contribution in [0.5, 0.6) is 5.75 Å². The summed E-state index contributed by atoms with van der Waals surface area (Å²) in [5, 5.41) is 3.10. The van der Waals surface area contributed by atoms with Gasteiger partial charge < -0.3 is 25.3 Å². The first-order valence-electron chi connectivity index (χ1n) is 9.24. The number of carbonyl (C=O) groups is 1. The van der Waals surface area contributed by atoms with Crippen molar-refractivity contribution in [3.05, 3.63) is 29.4 Å². The van der Waals surface area contributed by atoms with Gasteiger partial charge in [0.2, 0.25) is 5.91 Å². The van der Waals surface area contributed by atoms with Gasteiger partial charge in [0.25, 0.3) is 6.43 Å². The van der Waals surface area contributed by atoms with Gasteiger partial charge in [0, 0.05) is 23.7 Å². The van der Waals surface area contributed by atoms with Gasteiger partial charge in [-0.15, -0.1) is 0 Å². The van der Waals surface area contributed by atoms with Crippen molar-refractivity contribution in [2.24, 2.45) is 5.73 Å². The van der Waals surface area contributed by atoms with Crippen molar-refractivity contribution >= 4 is 35.1 Å². The summed E-state index contributed by atoms with van der Waals surface area (Å²) in [4.78, 5) is 28.4. The Morgan fingerprint density at radius 2 is 2.27 bits per heavy atom. The lowest BCUT2D eigenvalue weighted by atomic mass is 10.1. The zero-order valence-corrected chi connectivity index (χ0v) is 16.8. The van der Waals surface area contributed by atoms with E-state index in [9.17, 15) is 18.4 Å². The molecule has 158 valence electrons. The maximum atomic E-state index is 13.5. The average molecular weight is 435 g/mol. The first kappa shape index (κ1) is 20.2. The van der Waals surface area contributed by atoms with Crippen LogP contribution in [0, 0.1) is 0 Å². The lowest BCUT2D eigenvalue weighted by molar-refractivity contribution is -0.118. The molecule has 0 spiro atoms. The van der Waals surface area contributed by atoms with Crippen LogP contribution in [0.1, 0.15) is 6.92 Å². The molecule has 4 rings (SSSR count). The highest BCUT2D eigenvalue weighted by Crippen LogP contribution is 2.40. The smallest absolute Gasteiger partial charge is 0.259 e. The Kier molecular flexibility index (Phi) is 5.40. The number of rotatable bonds is 5. The van der Waals surface area contributed by atoms with Gasteiger partial charge in [-0.25, -0.2) is 18.6 Å². The Morgan fingerprint density at radius 1 is 1.47 bits per heavy atom. The molecule has 1 unspecified atom stereocenters. The van der Waals surface area contributed by atoms with Crippen molar-refractivity contribution in [3.8, 4) is 17.1 Å². The second-order valence-corrected chi connectivity index (χ2v) is 7.94. The predicted molar refractivity (Wildman–Crippen MR) is 109 cm³/mol. The second-order valence-electron chi connectivity index (χ2n) is 6.93. The van der Waals surface area contributed by atoms with Gasteiger partial charge in [-0.05, 0) is 19.1 Å². The third-order valence-corrected chi connectivity index (χ3v) is 6.01. The standard InChI is InChI=1S/C19H19F2N5O3S/c1-10(18(22)28)23-11-2-3-12-14(6-11)29-5-4-25-7-15(24-19(12)25)26-13(17(20)21)9-30-16(26)8-27/h2-3,6-7,10,13,17,23H,4-5,9H2,1H3,(H2,22,28)/t10?,13-/m0/s1. The number of imidazole rings is 1. The second kappa shape index (κ2) is 8.00. The molecule has 0 aliphatic carbocycles. The Bertz CT molecular complexity index is 1040. The van der Waals surface area contributed by atoms with Crippen molar-refractivity contribution in [3.63, 3.8) is 0 Å². The minimum absolute atomic E-state index is 0.0945. The van der Waals surface area contributed by atoms with Crippen LogP contribution in [0.3, 0.4) is 0 Å². The van der Waals surface area contributed by atoms with Crippen LogP contribution in [0.4, 0.5) is 20.3 Å². The number of amides is 1. The van der Waals surface area contributed by atoms with Crippen molar-refractivity contribution in [1.82, 2.24) is 9.55 Å². The average Bonchev–Trinajstić information content (AvgIpc) is 3.28. The molecule has 1 amide bonds. The molecule has 0 saturated carbocycles. The monoisotopic (exact) mass is 435 g/mol. The van der Waals surface area contributed by atoms with E-state index in [0.717, 1.165) is 11.8 Å². The predicted octanol–water partition coefficient (Wildman–Crippen LogP) is 2.09. The van der Waals surface area contributed by atoms with Crippen LogP contribution in [-0.2, 0) is 16.1 Å². The number of carbonyl (C=O) groups excluding carboxylic acids is 2. The first-order valence-corrected chi connectivity index (χ1v) is 10.2. The Labute approximate surface area is 175 Å². The molecule has 0 bridgehead atoms. The molecule has 0 radical (unpaired) electrons. The number of hydrogen-bond acceptors (Lipinski definition) is 7. The van der Waals surface area contributed by atoms with E-state index in [-0.39, 0.29) is 16.6 Å². The zero-order chi connectivity index (χ0) is 21.4. The van der Waals surface area contributed by atoms with Crippen LogP contribution >= 0.6 is 11.8 Å². The minimum atomic E-state index is -2.62. The Hall–Kier alpha value is -3.04. The van der Waals surface area contributed by atoms with Crippen LogP contribution in [0.2, 0.25) is 0 Å². The molecule has 1 aromatic carbocycles. The fraction of sp³-hybridized carbons (Fsp3) is 0.368. The Morgan fingerprint density at radius 3 is 2.97 bits per heavy atom. The topological polar surface area (TPSA) is 102 Å². The van der Waals surface area contributed by atoms with E-state index >= 15 is 0 Å². The zero-order valence-electron chi connectivity index (χ0n) is 16.0. The third kappa shape index (κ3) is 3.61. The van der Waals surface area contributed by atoms with E-state index in [4.69, 9.17) is 10.5 Å². The highest BCUT2D eigenvalue weighted by molar-refractivity contribution is 8.03. The number of halogens is 2. The van der Waals surface area contributed by atoms with Gasteiger partial charge in [0.15, 0.2) is 16.8 Å². The number of benzene rings is 1. The first-order chi connectivity index (χ1) is 14.4. The van der Waals surface area contributed by atoms with Crippen molar-refractivity contribution in [1.29, 1.82) is 0 Å². The number of anilines is 2. The molecule has 11 heteroatoms. The molecule has 30 heavy (non-hydrogen) atoms. The molecule has 2 aliphatic rings. The SMILES string of the molecule is CC(Nc1ccc2c(c1)OCCn1cc(N3C(=C=O)SC[C@H]3C(F)F)nc1-2)C(N)=O. The van der Waals surface area contributed by atoms with E-state index in [1.807, 2.05) is 4.57 Å². The molecule has 3 heterocycles. The molecule has 1 aromatic heterocycles. The lowest BCUT2D eigenvalue weighted by Gasteiger charge is -2.22. The summed E-state index contributed by atoms with van der Waals surface area (Å²) < 4.78 is 34.6. The number of nitrogens with zero attached hydrogens (tertiary/aromatic N) is 3. The number of primary amides is 1. The third-order valence-electron chi connectivity index (χ3n) is 4.95. The molecule has 3 N–H and O–H groups in total. The Balaban J connectivity index is 1.71. The highest BCUT2D eigenvalue weighted by atomic mass is 32.2. The maximum absolute atomic E-state index is 13.5. The molecule has 2 aliphatic heterocycles. The summed E-state index contributed by atoms with van der Waals surface area (Å²) in [5.41, 5.74) is 6.62. The molecule has 2 atom stereocenters. The summed E-state index contributed by atoms with van der Waals surface area (Å²) in [6, 6.07) is 3.58. The number of aromatic nitrogens is 2. The van der Waals surface area contributed by atoms with E-state index in [1.54, 1.807) is 37.3 Å². The highest BCUT2D eigenvalue weighted by Gasteiger charge is 2.39. The van der Waals surface area contributed by atoms with Gasteiger partial charge in [0.05, 0.1) is 12.1 Å². The van der Waals surface area contributed by atoms with E-state index < -0.39 is 24.4 Å². The number of nitrogens with one attached hydrogen (secondary N) is 1. The van der Waals surface area contributed by atoms with E-state index in [1.165, 1.54) is 4.90 Å². The number of fused-ring (bicyclic) bond motifs is 3. The summed E-state index contributed by atoms with van der Waals surface area (Å²) in [7, 11) is 0. The number of alkyl halides is 2. The largest absolute Gasteiger partial charge is 0.491 e. The molecule has 1 fully saturated rings. The number of ether oxygens (including phenoxy) is 1. The van der Waals surface area contributed by atoms with Crippen molar-refractivity contribution in [2.45, 2.75) is 32.0 Å². The van der Waals surface area contributed by atoms with Crippen LogP contribution in [0.15, 0.2) is 29.4 Å².